The van der Waals surface area contributed by atoms with Crippen molar-refractivity contribution >= 4 is 65.2 Å². The first-order valence-corrected chi connectivity index (χ1v) is 19.2. The molecule has 0 unspecified atom stereocenters. The van der Waals surface area contributed by atoms with Gasteiger partial charge in [-0.3, -0.25) is 0 Å². The molecule has 0 aliphatic rings. The highest BCUT2D eigenvalue weighted by Crippen LogP contribution is 2.50. The van der Waals surface area contributed by atoms with Gasteiger partial charge in [0.05, 0.1) is 11.0 Å². The molecule has 0 bridgehead atoms. The molecule has 0 atom stereocenters. The van der Waals surface area contributed by atoms with E-state index in [0.29, 0.717) is 33.4 Å². The average molecular weight is 747 g/mol. The molecular formula is C56H34O2. The van der Waals surface area contributed by atoms with E-state index in [4.69, 9.17) is 14.3 Å². The summed E-state index contributed by atoms with van der Waals surface area (Å²) in [6.45, 7) is 0. The molecule has 2 nitrogen and oxygen atoms in total. The number of hydrogen-bond donors (Lipinski definition) is 0. The molecule has 0 aliphatic carbocycles. The summed E-state index contributed by atoms with van der Waals surface area (Å²) < 4.78 is 86.2. The highest BCUT2D eigenvalue weighted by atomic mass is 16.3. The second-order valence-electron chi connectivity index (χ2n) is 14.5. The highest BCUT2D eigenvalue weighted by molar-refractivity contribution is 6.27. The van der Waals surface area contributed by atoms with Gasteiger partial charge in [-0.15, -0.1) is 0 Å². The van der Waals surface area contributed by atoms with Crippen molar-refractivity contribution in [2.75, 3.05) is 0 Å². The van der Waals surface area contributed by atoms with Gasteiger partial charge in [0, 0.05) is 32.8 Å². The molecule has 0 aliphatic heterocycles. The maximum atomic E-state index is 9.34. The van der Waals surface area contributed by atoms with Crippen molar-refractivity contribution < 1.29 is 19.8 Å². The lowest BCUT2D eigenvalue weighted by molar-refractivity contribution is 0.632. The molecule has 2 aromatic heterocycles. The first kappa shape index (κ1) is 25.5. The largest absolute Gasteiger partial charge is 0.455 e. The van der Waals surface area contributed by atoms with Gasteiger partial charge in [-0.25, -0.2) is 0 Å². The number of furan rings is 2. The van der Waals surface area contributed by atoms with Gasteiger partial charge in [-0.05, 0) is 83.9 Å². The van der Waals surface area contributed by atoms with Gasteiger partial charge in [0.15, 0.2) is 0 Å². The molecule has 12 aromatic rings. The van der Waals surface area contributed by atoms with Crippen LogP contribution in [0.2, 0.25) is 0 Å². The minimum absolute atomic E-state index is 0.163. The quantitative estimate of drug-likeness (QED) is 0.164. The monoisotopic (exact) mass is 746 g/mol. The van der Waals surface area contributed by atoms with Crippen LogP contribution in [0.3, 0.4) is 0 Å². The van der Waals surface area contributed by atoms with E-state index in [0.717, 1.165) is 60.5 Å². The molecule has 2 heteroatoms. The lowest BCUT2D eigenvalue weighted by Gasteiger charge is -2.18. The first-order chi connectivity index (χ1) is 32.1. The standard InChI is InChI=1S/C56H34O2/c1-3-16-37(17-4-1)50-42-21-9-11-23-44(42)51(45-24-12-10-22-43(45)50)39-30-28-36(29-31-39)47-34-49-54(53-46-25-13-14-26-48(46)57-56(47)53)52(38-18-5-2-6-19-38)55(58-49)41-32-27-35-15-7-8-20-40(35)33-41/h1-34H/i9D,10D,11D,12D,21D,22D,23D,24D. The molecule has 0 amide bonds. The van der Waals surface area contributed by atoms with Crippen molar-refractivity contribution in [1.29, 1.82) is 0 Å². The van der Waals surface area contributed by atoms with Crippen molar-refractivity contribution in [2.24, 2.45) is 0 Å². The molecule has 2 heterocycles. The van der Waals surface area contributed by atoms with Crippen molar-refractivity contribution in [1.82, 2.24) is 0 Å². The minimum atomic E-state index is -0.443. The second-order valence-corrected chi connectivity index (χ2v) is 14.5. The summed E-state index contributed by atoms with van der Waals surface area (Å²) in [4.78, 5) is 0. The van der Waals surface area contributed by atoms with Crippen LogP contribution in [0, 0.1) is 0 Å². The fraction of sp³-hybridized carbons (Fsp3) is 0. The molecule has 0 radical (unpaired) electrons. The van der Waals surface area contributed by atoms with E-state index in [9.17, 15) is 5.48 Å². The highest BCUT2D eigenvalue weighted by Gasteiger charge is 2.26. The zero-order valence-corrected chi connectivity index (χ0v) is 30.8. The third kappa shape index (κ3) is 4.99. The molecule has 0 spiro atoms. The Morgan fingerprint density at radius 1 is 0.345 bits per heavy atom. The molecule has 10 aromatic carbocycles. The minimum Gasteiger partial charge on any atom is -0.455 e. The molecule has 270 valence electrons. The Morgan fingerprint density at radius 3 is 1.52 bits per heavy atom. The zero-order valence-electron chi connectivity index (χ0n) is 38.8. The molecule has 0 fully saturated rings. The maximum absolute atomic E-state index is 9.34. The molecular weight excluding hydrogens is 705 g/mol. The molecule has 0 saturated carbocycles. The van der Waals surface area contributed by atoms with Crippen LogP contribution in [0.15, 0.2) is 215 Å². The molecule has 0 N–H and O–H groups in total. The summed E-state index contributed by atoms with van der Waals surface area (Å²) in [6, 6.07) is 48.3. The average Bonchev–Trinajstić information content (AvgIpc) is 3.94. The summed E-state index contributed by atoms with van der Waals surface area (Å²) >= 11 is 0. The van der Waals surface area contributed by atoms with Crippen molar-refractivity contribution in [2.45, 2.75) is 0 Å². The topological polar surface area (TPSA) is 26.3 Å². The number of fused-ring (bicyclic) bond motifs is 8. The van der Waals surface area contributed by atoms with Gasteiger partial charge < -0.3 is 8.83 Å². The van der Waals surface area contributed by atoms with Crippen molar-refractivity contribution in [3.05, 3.63) is 206 Å². The van der Waals surface area contributed by atoms with E-state index in [2.05, 4.69) is 48.5 Å². The van der Waals surface area contributed by atoms with Crippen molar-refractivity contribution in [3.63, 3.8) is 0 Å². The normalized spacial score (nSPS) is 13.7. The number of para-hydroxylation sites is 1. The van der Waals surface area contributed by atoms with Crippen LogP contribution in [0.25, 0.3) is 121 Å². The van der Waals surface area contributed by atoms with E-state index in [1.165, 1.54) is 0 Å². The predicted octanol–water partition coefficient (Wildman–Crippen LogP) is 16.1. The smallest absolute Gasteiger partial charge is 0.144 e. The summed E-state index contributed by atoms with van der Waals surface area (Å²) in [6.07, 6.45) is 0. The SMILES string of the molecule is [2H]c1c([2H])c([2H])c2c(-c3ccc(-c4cc5oc(-c6ccc7ccccc7c6)c(-c6ccccc6)c5c5c4oc4ccccc45)cc3)c3c([2H])c([2H])c([2H])c([2H])c3c(-c3ccccc3)c2c1[2H]. The second kappa shape index (κ2) is 12.9. The van der Waals surface area contributed by atoms with Gasteiger partial charge in [0.25, 0.3) is 0 Å². The summed E-state index contributed by atoms with van der Waals surface area (Å²) in [5.41, 5.74) is 8.12. The number of rotatable bonds is 5. The van der Waals surface area contributed by atoms with Crippen LogP contribution in [0.4, 0.5) is 0 Å². The van der Waals surface area contributed by atoms with Crippen LogP contribution in [-0.2, 0) is 0 Å². The Morgan fingerprint density at radius 2 is 0.862 bits per heavy atom. The van der Waals surface area contributed by atoms with Crippen LogP contribution in [0.5, 0.6) is 0 Å². The van der Waals surface area contributed by atoms with Crippen LogP contribution in [-0.4, -0.2) is 0 Å². The summed E-state index contributed by atoms with van der Waals surface area (Å²) in [5.74, 6) is 0.729. The third-order valence-corrected chi connectivity index (χ3v) is 11.3. The third-order valence-electron chi connectivity index (χ3n) is 11.3. The summed E-state index contributed by atoms with van der Waals surface area (Å²) in [5, 5.41) is 5.64. The number of hydrogen-bond acceptors (Lipinski definition) is 2. The van der Waals surface area contributed by atoms with Gasteiger partial charge >= 0.3 is 0 Å². The zero-order chi connectivity index (χ0) is 45.1. The fourth-order valence-electron chi connectivity index (χ4n) is 8.73. The Balaban J connectivity index is 1.15. The van der Waals surface area contributed by atoms with E-state index in [1.54, 1.807) is 24.3 Å². The van der Waals surface area contributed by atoms with Crippen LogP contribution < -0.4 is 0 Å². The Kier molecular flexibility index (Phi) is 5.68. The van der Waals surface area contributed by atoms with Crippen molar-refractivity contribution in [3.8, 4) is 55.8 Å². The summed E-state index contributed by atoms with van der Waals surface area (Å²) in [7, 11) is 0. The number of benzene rings is 10. The van der Waals surface area contributed by atoms with E-state index >= 15 is 0 Å². The van der Waals surface area contributed by atoms with E-state index in [-0.39, 0.29) is 51.3 Å². The first-order valence-electron chi connectivity index (χ1n) is 23.2. The molecule has 12 rings (SSSR count). The van der Waals surface area contributed by atoms with Gasteiger partial charge in [0.1, 0.15) is 22.5 Å². The van der Waals surface area contributed by atoms with E-state index in [1.807, 2.05) is 84.9 Å². The molecule has 58 heavy (non-hydrogen) atoms. The lowest BCUT2D eigenvalue weighted by Crippen LogP contribution is -1.90. The van der Waals surface area contributed by atoms with Crippen LogP contribution >= 0.6 is 0 Å². The Hall–Kier alpha value is -7.68. The van der Waals surface area contributed by atoms with Crippen LogP contribution in [0.1, 0.15) is 11.0 Å². The van der Waals surface area contributed by atoms with Gasteiger partial charge in [-0.2, -0.15) is 0 Å². The maximum Gasteiger partial charge on any atom is 0.144 e. The predicted molar refractivity (Wildman–Crippen MR) is 243 cm³/mol. The van der Waals surface area contributed by atoms with Gasteiger partial charge in [0.2, 0.25) is 0 Å². The van der Waals surface area contributed by atoms with Gasteiger partial charge in [-0.1, -0.05) is 188 Å². The van der Waals surface area contributed by atoms with E-state index < -0.39 is 24.2 Å². The molecule has 0 saturated heterocycles. The Bertz CT molecular complexity index is 3930. The Labute approximate surface area is 346 Å². The lowest BCUT2D eigenvalue weighted by atomic mass is 9.85. The fourth-order valence-corrected chi connectivity index (χ4v) is 8.73.